The van der Waals surface area contributed by atoms with Crippen LogP contribution in [-0.4, -0.2) is 146 Å². The van der Waals surface area contributed by atoms with Crippen LogP contribution in [-0.2, 0) is 14.4 Å². The fourth-order valence-electron chi connectivity index (χ4n) is 11.3. The fourth-order valence-corrected chi connectivity index (χ4v) is 11.3. The molecule has 374 valence electrons. The lowest BCUT2D eigenvalue weighted by Gasteiger charge is -2.39. The Labute approximate surface area is 415 Å². The van der Waals surface area contributed by atoms with Crippen molar-refractivity contribution in [2.24, 2.45) is 11.8 Å². The summed E-state index contributed by atoms with van der Waals surface area (Å²) in [5, 5.41) is 8.72. The van der Waals surface area contributed by atoms with Crippen molar-refractivity contribution in [3.05, 3.63) is 95.6 Å². The molecule has 4 saturated heterocycles. The van der Waals surface area contributed by atoms with Crippen molar-refractivity contribution < 1.29 is 33.2 Å². The fraction of sp³-hybridized carbons (Fsp3) is 0.462. The van der Waals surface area contributed by atoms with E-state index in [1.807, 2.05) is 35.2 Å². The number of benzene rings is 2. The highest BCUT2D eigenvalue weighted by atomic mass is 19.1. The van der Waals surface area contributed by atoms with Gasteiger partial charge in [-0.2, -0.15) is 0 Å². The van der Waals surface area contributed by atoms with E-state index in [4.69, 9.17) is 0 Å². The number of aryl methyl sites for hydroxylation is 1. The first-order valence-corrected chi connectivity index (χ1v) is 25.3. The van der Waals surface area contributed by atoms with Gasteiger partial charge in [-0.05, 0) is 119 Å². The number of nitrogens with zero attached hydrogens (tertiary/aromatic N) is 10. The Morgan fingerprint density at radius 3 is 2.26 bits per heavy atom. The van der Waals surface area contributed by atoms with E-state index in [0.717, 1.165) is 106 Å². The van der Waals surface area contributed by atoms with Crippen LogP contribution < -0.4 is 25.8 Å². The number of anilines is 4. The summed E-state index contributed by atoms with van der Waals surface area (Å²) < 4.78 is 17.6. The number of aromatic nitrogens is 5. The molecule has 5 fully saturated rings. The number of hydrogen-bond acceptors (Lipinski definition) is 14. The van der Waals surface area contributed by atoms with Gasteiger partial charge in [-0.1, -0.05) is 6.07 Å². The quantitative estimate of drug-likeness (QED) is 0.146. The third-order valence-electron chi connectivity index (χ3n) is 15.7. The van der Waals surface area contributed by atoms with E-state index in [-0.39, 0.29) is 59.5 Å². The minimum absolute atomic E-state index is 0.00225. The Bertz CT molecular complexity index is 2940. The Hall–Kier alpha value is -7.35. The molecule has 6 aliphatic rings. The highest BCUT2D eigenvalue weighted by Gasteiger charge is 2.46. The Kier molecular flexibility index (Phi) is 12.9. The number of hydrogen-bond donors (Lipinski definition) is 3. The highest BCUT2D eigenvalue weighted by molar-refractivity contribution is 6.23. The number of likely N-dealkylation sites (tertiary alicyclic amines) is 1. The number of imide groups is 2. The first kappa shape index (κ1) is 47.0. The lowest BCUT2D eigenvalue weighted by Crippen LogP contribution is -2.54. The van der Waals surface area contributed by atoms with Gasteiger partial charge in [0, 0.05) is 93.8 Å². The van der Waals surface area contributed by atoms with Crippen LogP contribution in [0.25, 0.3) is 11.2 Å². The predicted molar refractivity (Wildman–Crippen MR) is 264 cm³/mol. The normalized spacial score (nSPS) is 22.3. The molecule has 3 aromatic heterocycles. The van der Waals surface area contributed by atoms with Gasteiger partial charge in [0.1, 0.15) is 23.9 Å². The summed E-state index contributed by atoms with van der Waals surface area (Å²) in [6.07, 6.45) is 9.12. The number of nitrogens with one attached hydrogen (secondary N) is 3. The zero-order valence-electron chi connectivity index (χ0n) is 40.3. The number of halogens is 1. The molecule has 8 heterocycles. The van der Waals surface area contributed by atoms with Crippen LogP contribution in [0.1, 0.15) is 101 Å². The van der Waals surface area contributed by atoms with Crippen molar-refractivity contribution >= 4 is 69.5 Å². The molecule has 1 saturated carbocycles. The highest BCUT2D eigenvalue weighted by Crippen LogP contribution is 2.37. The molecule has 5 aliphatic heterocycles. The van der Waals surface area contributed by atoms with Gasteiger partial charge in [0.2, 0.25) is 17.7 Å². The average molecular weight is 980 g/mol. The van der Waals surface area contributed by atoms with Crippen molar-refractivity contribution in [2.75, 3.05) is 74.0 Å². The van der Waals surface area contributed by atoms with E-state index in [2.05, 4.69) is 74.5 Å². The number of fused-ring (bicyclic) bond motifs is 2. The molecule has 0 radical (unpaired) electrons. The molecular weight excluding hydrogens is 922 g/mol. The summed E-state index contributed by atoms with van der Waals surface area (Å²) in [4.78, 5) is 105. The molecule has 6 amide bonds. The predicted octanol–water partition coefficient (Wildman–Crippen LogP) is 4.61. The van der Waals surface area contributed by atoms with Gasteiger partial charge in [0.05, 0.1) is 23.1 Å². The van der Waals surface area contributed by atoms with Gasteiger partial charge in [0.15, 0.2) is 17.0 Å². The molecule has 3 N–H and O–H groups in total. The SMILES string of the molecule is Cc1cccc(C(=O)NC2CC(n3cnc4c(Nc5ccc(N6CCN(CCC7CCN(C(=O)C8CCN(c9cc%10c(cc9F)C(=O)N([C@H]9CCC(=O)NC9=O)C%10=O)CC8)CC7)CC6)cc5)ncnc43)C2)n1. The van der Waals surface area contributed by atoms with Crippen molar-refractivity contribution in [3.63, 3.8) is 0 Å². The monoisotopic (exact) mass is 979 g/mol. The maximum absolute atomic E-state index is 15.5. The molecule has 0 unspecified atom stereocenters. The van der Waals surface area contributed by atoms with Crippen molar-refractivity contribution in [2.45, 2.75) is 82.8 Å². The second kappa shape index (κ2) is 19.7. The zero-order valence-corrected chi connectivity index (χ0v) is 40.3. The van der Waals surface area contributed by atoms with Crippen molar-refractivity contribution in [1.82, 2.24) is 49.8 Å². The third-order valence-corrected chi connectivity index (χ3v) is 15.7. The van der Waals surface area contributed by atoms with E-state index >= 15 is 4.39 Å². The van der Waals surface area contributed by atoms with E-state index in [1.54, 1.807) is 12.4 Å². The molecule has 11 rings (SSSR count). The first-order valence-electron chi connectivity index (χ1n) is 25.3. The van der Waals surface area contributed by atoms with Crippen LogP contribution in [0.4, 0.5) is 27.3 Å². The van der Waals surface area contributed by atoms with Crippen LogP contribution in [0.2, 0.25) is 0 Å². The summed E-state index contributed by atoms with van der Waals surface area (Å²) in [5.41, 5.74) is 4.92. The zero-order chi connectivity index (χ0) is 49.6. The van der Waals surface area contributed by atoms with E-state index in [9.17, 15) is 28.8 Å². The van der Waals surface area contributed by atoms with Crippen LogP contribution in [0.5, 0.6) is 0 Å². The van der Waals surface area contributed by atoms with Gasteiger partial charge < -0.3 is 29.9 Å². The maximum Gasteiger partial charge on any atom is 0.270 e. The lowest BCUT2D eigenvalue weighted by molar-refractivity contribution is -0.138. The molecule has 1 atom stereocenters. The molecule has 72 heavy (non-hydrogen) atoms. The third kappa shape index (κ3) is 9.34. The second-order valence-corrected chi connectivity index (χ2v) is 20.1. The topological polar surface area (TPSA) is 211 Å². The average Bonchev–Trinajstić information content (AvgIpc) is 3.91. The Morgan fingerprint density at radius 1 is 0.806 bits per heavy atom. The van der Waals surface area contributed by atoms with Gasteiger partial charge in [-0.15, -0.1) is 0 Å². The molecule has 0 bridgehead atoms. The number of piperidine rings is 3. The van der Waals surface area contributed by atoms with Crippen molar-refractivity contribution in [1.29, 1.82) is 0 Å². The van der Waals surface area contributed by atoms with Gasteiger partial charge in [-0.3, -0.25) is 43.9 Å². The van der Waals surface area contributed by atoms with Crippen LogP contribution in [0.3, 0.4) is 0 Å². The van der Waals surface area contributed by atoms with Crippen LogP contribution in [0, 0.1) is 24.6 Å². The minimum atomic E-state index is -1.12. The molecule has 19 nitrogen and oxygen atoms in total. The minimum Gasteiger partial charge on any atom is -0.369 e. The van der Waals surface area contributed by atoms with E-state index in [0.29, 0.717) is 48.9 Å². The summed E-state index contributed by atoms with van der Waals surface area (Å²) in [6, 6.07) is 15.4. The number of pyridine rings is 1. The molecule has 5 aromatic rings. The van der Waals surface area contributed by atoms with Gasteiger partial charge in [0.25, 0.3) is 17.7 Å². The number of carbonyl (C=O) groups excluding carboxylic acids is 6. The van der Waals surface area contributed by atoms with Gasteiger partial charge in [-0.25, -0.2) is 24.3 Å². The standard InChI is InChI=1S/C52H58FN13O6/c1-31-3-2-4-41(57-31)48(68)59-35-25-37(26-35)65-30-56-45-46(54-29-55-47(45)65)58-34-5-7-36(8-6-34)62-23-21-61(22-24-62)16-11-32-12-17-64(18-13-32)50(70)33-14-19-63(20-15-33)43-28-39-38(27-40(43)53)51(71)66(52(39)72)42-9-10-44(67)60-49(42)69/h2-8,27-30,32-33,35,37,42H,9-26H2,1H3,(H,59,68)(H,54,55,58)(H,60,67,69)/t35?,37?,42-/m0/s1. The summed E-state index contributed by atoms with van der Waals surface area (Å²) in [7, 11) is 0. The number of imidazole rings is 1. The molecule has 2 aromatic carbocycles. The van der Waals surface area contributed by atoms with Crippen molar-refractivity contribution in [3.8, 4) is 0 Å². The summed E-state index contributed by atoms with van der Waals surface area (Å²) in [5.74, 6) is -2.19. The summed E-state index contributed by atoms with van der Waals surface area (Å²) in [6.45, 7) is 9.11. The van der Waals surface area contributed by atoms with Crippen LogP contribution in [0.15, 0.2) is 67.3 Å². The Balaban J connectivity index is 0.594. The lowest BCUT2D eigenvalue weighted by atomic mass is 9.86. The summed E-state index contributed by atoms with van der Waals surface area (Å²) >= 11 is 0. The number of carbonyl (C=O) groups is 6. The molecule has 0 spiro atoms. The maximum atomic E-state index is 15.5. The number of piperazine rings is 1. The molecular formula is C52H58FN13O6. The smallest absolute Gasteiger partial charge is 0.270 e. The Morgan fingerprint density at radius 2 is 1.54 bits per heavy atom. The molecule has 20 heteroatoms. The largest absolute Gasteiger partial charge is 0.369 e. The van der Waals surface area contributed by atoms with E-state index < -0.39 is 35.5 Å². The first-order chi connectivity index (χ1) is 34.9. The van der Waals surface area contributed by atoms with Crippen LogP contribution >= 0.6 is 0 Å². The van der Waals surface area contributed by atoms with E-state index in [1.165, 1.54) is 11.8 Å². The van der Waals surface area contributed by atoms with Gasteiger partial charge >= 0.3 is 0 Å². The molecule has 1 aliphatic carbocycles. The second-order valence-electron chi connectivity index (χ2n) is 20.1. The number of amides is 6. The number of rotatable bonds is 12.